The van der Waals surface area contributed by atoms with Crippen molar-refractivity contribution in [3.8, 4) is 0 Å². The fraction of sp³-hybridized carbons (Fsp3) is 0.455. The number of aliphatic hydroxyl groups excluding tert-OH is 1. The maximum absolute atomic E-state index is 11.6. The molecular weight excluding hydrogens is 272 g/mol. The van der Waals surface area contributed by atoms with Crippen LogP contribution in [-0.2, 0) is 21.2 Å². The predicted molar refractivity (Wildman–Crippen MR) is 68.0 cm³/mol. The molecule has 0 bridgehead atoms. The minimum Gasteiger partial charge on any atom is -0.479 e. The highest BCUT2D eigenvalue weighted by atomic mass is 32.2. The van der Waals surface area contributed by atoms with Crippen molar-refractivity contribution in [3.05, 3.63) is 30.1 Å². The molecule has 106 valence electrons. The second kappa shape index (κ2) is 7.17. The summed E-state index contributed by atoms with van der Waals surface area (Å²) < 4.78 is 25.4. The summed E-state index contributed by atoms with van der Waals surface area (Å²) in [5.41, 5.74) is 0.853. The smallest absolute Gasteiger partial charge is 0.332 e. The Bertz CT molecular complexity index is 503. The van der Waals surface area contributed by atoms with E-state index >= 15 is 0 Å². The molecule has 0 aliphatic rings. The molecule has 0 aliphatic heterocycles. The van der Waals surface area contributed by atoms with Crippen molar-refractivity contribution in [2.24, 2.45) is 0 Å². The molecule has 0 aliphatic carbocycles. The van der Waals surface area contributed by atoms with Crippen LogP contribution >= 0.6 is 0 Å². The van der Waals surface area contributed by atoms with Crippen molar-refractivity contribution < 1.29 is 23.4 Å². The van der Waals surface area contributed by atoms with Crippen LogP contribution in [0.15, 0.2) is 24.5 Å². The lowest BCUT2D eigenvalue weighted by atomic mass is 10.2. The number of rotatable bonds is 8. The average Bonchev–Trinajstić information content (AvgIpc) is 2.37. The molecule has 7 nitrogen and oxygen atoms in total. The van der Waals surface area contributed by atoms with Crippen molar-refractivity contribution in [1.29, 1.82) is 0 Å². The SMILES string of the molecule is O=C(O)C(O)CCNS(=O)(=O)CCc1ccncc1. The predicted octanol–water partition coefficient (Wildman–Crippen LogP) is -0.621. The van der Waals surface area contributed by atoms with Gasteiger partial charge in [-0.1, -0.05) is 0 Å². The molecule has 3 N–H and O–H groups in total. The third kappa shape index (κ3) is 6.27. The van der Waals surface area contributed by atoms with Gasteiger partial charge in [0, 0.05) is 18.9 Å². The Hall–Kier alpha value is -1.51. The third-order valence-corrected chi connectivity index (χ3v) is 3.82. The van der Waals surface area contributed by atoms with E-state index in [2.05, 4.69) is 9.71 Å². The van der Waals surface area contributed by atoms with Gasteiger partial charge in [0.25, 0.3) is 0 Å². The number of hydrogen-bond donors (Lipinski definition) is 3. The number of pyridine rings is 1. The number of nitrogens with one attached hydrogen (secondary N) is 1. The first-order chi connectivity index (χ1) is 8.91. The number of carboxylic acid groups (broad SMARTS) is 1. The maximum Gasteiger partial charge on any atom is 0.332 e. The Labute approximate surface area is 111 Å². The van der Waals surface area contributed by atoms with Crippen molar-refractivity contribution in [2.75, 3.05) is 12.3 Å². The number of carboxylic acids is 1. The zero-order valence-corrected chi connectivity index (χ0v) is 11.0. The highest BCUT2D eigenvalue weighted by Crippen LogP contribution is 2.00. The fourth-order valence-corrected chi connectivity index (χ4v) is 2.43. The summed E-state index contributed by atoms with van der Waals surface area (Å²) in [6, 6.07) is 3.45. The number of carbonyl (C=O) groups is 1. The van der Waals surface area contributed by atoms with Crippen LogP contribution in [0.4, 0.5) is 0 Å². The molecule has 1 rings (SSSR count). The van der Waals surface area contributed by atoms with E-state index < -0.39 is 22.1 Å². The average molecular weight is 288 g/mol. The minimum atomic E-state index is -3.48. The summed E-state index contributed by atoms with van der Waals surface area (Å²) in [6.45, 7) is -0.105. The van der Waals surface area contributed by atoms with Gasteiger partial charge in [-0.15, -0.1) is 0 Å². The summed E-state index contributed by atoms with van der Waals surface area (Å²) in [4.78, 5) is 14.2. The first kappa shape index (κ1) is 15.5. The van der Waals surface area contributed by atoms with Crippen LogP contribution < -0.4 is 4.72 Å². The van der Waals surface area contributed by atoms with Gasteiger partial charge in [0.2, 0.25) is 10.0 Å². The zero-order valence-electron chi connectivity index (χ0n) is 10.2. The number of sulfonamides is 1. The molecule has 1 aromatic heterocycles. The molecular formula is C11H16N2O5S. The van der Waals surface area contributed by atoms with E-state index in [9.17, 15) is 13.2 Å². The molecule has 1 unspecified atom stereocenters. The number of aliphatic carboxylic acids is 1. The van der Waals surface area contributed by atoms with E-state index in [1.165, 1.54) is 0 Å². The van der Waals surface area contributed by atoms with Gasteiger partial charge in [0.15, 0.2) is 6.10 Å². The summed E-state index contributed by atoms with van der Waals surface area (Å²) in [7, 11) is -3.48. The van der Waals surface area contributed by atoms with E-state index in [4.69, 9.17) is 10.2 Å². The van der Waals surface area contributed by atoms with Crippen LogP contribution in [0.3, 0.4) is 0 Å². The van der Waals surface area contributed by atoms with Crippen LogP contribution in [0, 0.1) is 0 Å². The lowest BCUT2D eigenvalue weighted by molar-refractivity contribution is -0.146. The highest BCUT2D eigenvalue weighted by molar-refractivity contribution is 7.89. The summed E-state index contributed by atoms with van der Waals surface area (Å²) >= 11 is 0. The number of nitrogens with zero attached hydrogens (tertiary/aromatic N) is 1. The van der Waals surface area contributed by atoms with Crippen molar-refractivity contribution >= 4 is 16.0 Å². The first-order valence-electron chi connectivity index (χ1n) is 5.68. The summed E-state index contributed by atoms with van der Waals surface area (Å²) in [6.07, 6.45) is 1.79. The molecule has 0 saturated carbocycles. The molecule has 0 aromatic carbocycles. The Kier molecular flexibility index (Phi) is 5.87. The molecule has 8 heteroatoms. The monoisotopic (exact) mass is 288 g/mol. The Morgan fingerprint density at radius 3 is 2.58 bits per heavy atom. The van der Waals surface area contributed by atoms with E-state index in [0.29, 0.717) is 6.42 Å². The van der Waals surface area contributed by atoms with Gasteiger partial charge in [0.1, 0.15) is 0 Å². The van der Waals surface area contributed by atoms with E-state index in [1.807, 2.05) is 0 Å². The molecule has 0 radical (unpaired) electrons. The van der Waals surface area contributed by atoms with Crippen LogP contribution in [0.25, 0.3) is 0 Å². The number of aliphatic hydroxyl groups is 1. The maximum atomic E-state index is 11.6. The van der Waals surface area contributed by atoms with Gasteiger partial charge in [-0.3, -0.25) is 4.98 Å². The molecule has 0 fully saturated rings. The quantitative estimate of drug-likeness (QED) is 0.587. The minimum absolute atomic E-state index is 0.0970. The summed E-state index contributed by atoms with van der Waals surface area (Å²) in [5.74, 6) is -1.46. The number of aromatic nitrogens is 1. The third-order valence-electron chi connectivity index (χ3n) is 2.43. The number of hydrogen-bond acceptors (Lipinski definition) is 5. The van der Waals surface area contributed by atoms with Gasteiger partial charge in [0.05, 0.1) is 5.75 Å². The normalized spacial score (nSPS) is 13.1. The van der Waals surface area contributed by atoms with Crippen LogP contribution in [-0.4, -0.2) is 48.0 Å². The van der Waals surface area contributed by atoms with Crippen molar-refractivity contribution in [3.63, 3.8) is 0 Å². The molecule has 0 spiro atoms. The molecule has 0 amide bonds. The molecule has 19 heavy (non-hydrogen) atoms. The largest absolute Gasteiger partial charge is 0.479 e. The van der Waals surface area contributed by atoms with Gasteiger partial charge in [-0.2, -0.15) is 0 Å². The van der Waals surface area contributed by atoms with Crippen molar-refractivity contribution in [2.45, 2.75) is 18.9 Å². The lowest BCUT2D eigenvalue weighted by Crippen LogP contribution is -2.32. The van der Waals surface area contributed by atoms with Gasteiger partial charge < -0.3 is 10.2 Å². The lowest BCUT2D eigenvalue weighted by Gasteiger charge is -2.08. The fourth-order valence-electron chi connectivity index (χ4n) is 1.35. The Morgan fingerprint density at radius 1 is 1.37 bits per heavy atom. The molecule has 1 aromatic rings. The second-order valence-corrected chi connectivity index (χ2v) is 5.89. The van der Waals surface area contributed by atoms with Crippen LogP contribution in [0.2, 0.25) is 0 Å². The van der Waals surface area contributed by atoms with Crippen LogP contribution in [0.5, 0.6) is 0 Å². The van der Waals surface area contributed by atoms with Crippen molar-refractivity contribution in [1.82, 2.24) is 9.71 Å². The Morgan fingerprint density at radius 2 is 2.00 bits per heavy atom. The standard InChI is InChI=1S/C11H16N2O5S/c14-10(11(15)16)3-7-13-19(17,18)8-4-9-1-5-12-6-2-9/h1-2,5-6,10,13-14H,3-4,7-8H2,(H,15,16). The van der Waals surface area contributed by atoms with Gasteiger partial charge in [-0.25, -0.2) is 17.9 Å². The van der Waals surface area contributed by atoms with Crippen LogP contribution in [0.1, 0.15) is 12.0 Å². The first-order valence-corrected chi connectivity index (χ1v) is 7.33. The van der Waals surface area contributed by atoms with Gasteiger partial charge in [-0.05, 0) is 30.5 Å². The zero-order chi connectivity index (χ0) is 14.3. The topological polar surface area (TPSA) is 117 Å². The molecule has 1 heterocycles. The van der Waals surface area contributed by atoms with E-state index in [0.717, 1.165) is 5.56 Å². The highest BCUT2D eigenvalue weighted by Gasteiger charge is 2.15. The van der Waals surface area contributed by atoms with E-state index in [1.54, 1.807) is 24.5 Å². The number of aryl methyl sites for hydroxylation is 1. The molecule has 1 atom stereocenters. The summed E-state index contributed by atoms with van der Waals surface area (Å²) in [5, 5.41) is 17.4. The molecule has 0 saturated heterocycles. The van der Waals surface area contributed by atoms with Gasteiger partial charge >= 0.3 is 5.97 Å². The Balaban J connectivity index is 2.34. The van der Waals surface area contributed by atoms with E-state index in [-0.39, 0.29) is 18.7 Å². The second-order valence-electron chi connectivity index (χ2n) is 3.96.